The van der Waals surface area contributed by atoms with Gasteiger partial charge < -0.3 is 0 Å². The Hall–Kier alpha value is -2.47. The Kier molecular flexibility index (Phi) is 6.69. The van der Waals surface area contributed by atoms with E-state index in [0.717, 1.165) is 24.8 Å². The third-order valence-electron chi connectivity index (χ3n) is 4.14. The van der Waals surface area contributed by atoms with Crippen LogP contribution in [-0.4, -0.2) is 5.78 Å². The Labute approximate surface area is 142 Å². The van der Waals surface area contributed by atoms with Crippen LogP contribution in [0.3, 0.4) is 0 Å². The van der Waals surface area contributed by atoms with Crippen molar-refractivity contribution in [3.63, 3.8) is 0 Å². The van der Waals surface area contributed by atoms with Gasteiger partial charge >= 0.3 is 0 Å². The molecule has 2 aromatic carbocycles. The number of ketones is 1. The van der Waals surface area contributed by atoms with Crippen molar-refractivity contribution in [3.05, 3.63) is 59.4 Å². The third-order valence-corrected chi connectivity index (χ3v) is 4.14. The van der Waals surface area contributed by atoms with E-state index in [9.17, 15) is 9.18 Å². The van der Waals surface area contributed by atoms with Gasteiger partial charge in [-0.3, -0.25) is 4.79 Å². The maximum absolute atomic E-state index is 13.9. The summed E-state index contributed by atoms with van der Waals surface area (Å²) in [4.78, 5) is 12.5. The van der Waals surface area contributed by atoms with Gasteiger partial charge in [0.15, 0.2) is 5.78 Å². The molecule has 124 valence electrons. The molecule has 0 saturated carbocycles. The van der Waals surface area contributed by atoms with Gasteiger partial charge in [0.25, 0.3) is 0 Å². The van der Waals surface area contributed by atoms with E-state index in [-0.39, 0.29) is 11.3 Å². The van der Waals surface area contributed by atoms with Crippen LogP contribution in [-0.2, 0) is 0 Å². The van der Waals surface area contributed by atoms with Gasteiger partial charge in [0.05, 0.1) is 5.56 Å². The van der Waals surface area contributed by atoms with Crippen LogP contribution in [0.5, 0.6) is 0 Å². The van der Waals surface area contributed by atoms with E-state index in [2.05, 4.69) is 6.92 Å². The Balaban J connectivity index is 2.17. The van der Waals surface area contributed by atoms with Crippen molar-refractivity contribution in [1.29, 1.82) is 5.26 Å². The second-order valence-corrected chi connectivity index (χ2v) is 5.94. The topological polar surface area (TPSA) is 40.9 Å². The van der Waals surface area contributed by atoms with E-state index in [1.165, 1.54) is 25.0 Å². The number of carbonyl (C=O) groups is 1. The fourth-order valence-electron chi connectivity index (χ4n) is 2.78. The molecule has 0 aliphatic rings. The molecule has 0 amide bonds. The maximum atomic E-state index is 13.9. The van der Waals surface area contributed by atoms with Crippen molar-refractivity contribution in [3.8, 4) is 17.2 Å². The Morgan fingerprint density at radius 1 is 1.08 bits per heavy atom. The van der Waals surface area contributed by atoms with Crippen molar-refractivity contribution >= 4 is 5.78 Å². The standard InChI is InChI=1S/C21H22FNO/c1-2-3-4-5-6-11-21(24)19-10-8-7-9-18(19)16-12-13-17(15-23)20(22)14-16/h7-10,12-14H,2-6,11H2,1H3. The lowest BCUT2D eigenvalue weighted by Gasteiger charge is -2.09. The number of hydrogen-bond donors (Lipinski definition) is 0. The van der Waals surface area contributed by atoms with Crippen LogP contribution in [0.25, 0.3) is 11.1 Å². The average Bonchev–Trinajstić information content (AvgIpc) is 2.61. The number of nitriles is 1. The molecule has 0 spiro atoms. The molecule has 0 aliphatic heterocycles. The molecule has 0 radical (unpaired) electrons. The Bertz CT molecular complexity index is 746. The molecule has 0 bridgehead atoms. The molecule has 0 unspecified atom stereocenters. The lowest BCUT2D eigenvalue weighted by molar-refractivity contribution is 0.0979. The predicted molar refractivity (Wildman–Crippen MR) is 94.3 cm³/mol. The van der Waals surface area contributed by atoms with Gasteiger partial charge in [-0.15, -0.1) is 0 Å². The van der Waals surface area contributed by atoms with Crippen molar-refractivity contribution in [2.24, 2.45) is 0 Å². The van der Waals surface area contributed by atoms with Crippen molar-refractivity contribution in [2.45, 2.75) is 45.4 Å². The largest absolute Gasteiger partial charge is 0.294 e. The van der Waals surface area contributed by atoms with E-state index in [1.807, 2.05) is 24.3 Å². The predicted octanol–water partition coefficient (Wildman–Crippen LogP) is 5.91. The van der Waals surface area contributed by atoms with E-state index < -0.39 is 5.82 Å². The van der Waals surface area contributed by atoms with Gasteiger partial charge in [0, 0.05) is 12.0 Å². The van der Waals surface area contributed by atoms with Gasteiger partial charge in [0.1, 0.15) is 11.9 Å². The molecule has 2 nitrogen and oxygen atoms in total. The molecule has 0 saturated heterocycles. The number of rotatable bonds is 8. The van der Waals surface area contributed by atoms with E-state index in [1.54, 1.807) is 12.1 Å². The first-order chi connectivity index (χ1) is 11.7. The summed E-state index contributed by atoms with van der Waals surface area (Å²) in [6.45, 7) is 2.16. The summed E-state index contributed by atoms with van der Waals surface area (Å²) in [6.07, 6.45) is 6.00. The summed E-state index contributed by atoms with van der Waals surface area (Å²) in [7, 11) is 0. The lowest BCUT2D eigenvalue weighted by atomic mass is 9.94. The Morgan fingerprint density at radius 3 is 2.54 bits per heavy atom. The van der Waals surface area contributed by atoms with Crippen LogP contribution in [0.15, 0.2) is 42.5 Å². The van der Waals surface area contributed by atoms with E-state index in [4.69, 9.17) is 5.26 Å². The van der Waals surface area contributed by atoms with Gasteiger partial charge in [0.2, 0.25) is 0 Å². The second kappa shape index (κ2) is 8.98. The molecule has 2 aromatic rings. The smallest absolute Gasteiger partial charge is 0.163 e. The minimum absolute atomic E-state index is 0.0125. The van der Waals surface area contributed by atoms with Gasteiger partial charge in [-0.25, -0.2) is 4.39 Å². The minimum atomic E-state index is -0.559. The molecule has 0 aliphatic carbocycles. The van der Waals surface area contributed by atoms with Crippen LogP contribution in [0.4, 0.5) is 4.39 Å². The summed E-state index contributed by atoms with van der Waals surface area (Å²) in [6, 6.07) is 13.6. The third kappa shape index (κ3) is 4.52. The zero-order valence-corrected chi connectivity index (χ0v) is 14.0. The monoisotopic (exact) mass is 323 g/mol. The number of benzene rings is 2. The molecular weight excluding hydrogens is 301 g/mol. The maximum Gasteiger partial charge on any atom is 0.163 e. The molecular formula is C21H22FNO. The normalized spacial score (nSPS) is 10.4. The average molecular weight is 323 g/mol. The highest BCUT2D eigenvalue weighted by molar-refractivity contribution is 6.02. The van der Waals surface area contributed by atoms with Gasteiger partial charge in [-0.05, 0) is 29.7 Å². The molecule has 0 N–H and O–H groups in total. The summed E-state index contributed by atoms with van der Waals surface area (Å²) in [5.41, 5.74) is 1.98. The molecule has 0 aromatic heterocycles. The van der Waals surface area contributed by atoms with Gasteiger partial charge in [-0.2, -0.15) is 5.26 Å². The first-order valence-electron chi connectivity index (χ1n) is 8.49. The number of nitrogens with zero attached hydrogens (tertiary/aromatic N) is 1. The van der Waals surface area contributed by atoms with Crippen LogP contribution in [0, 0.1) is 17.1 Å². The number of unbranched alkanes of at least 4 members (excludes halogenated alkanes) is 4. The number of hydrogen-bond acceptors (Lipinski definition) is 2. The Morgan fingerprint density at radius 2 is 1.83 bits per heavy atom. The van der Waals surface area contributed by atoms with Crippen LogP contribution < -0.4 is 0 Å². The van der Waals surface area contributed by atoms with Crippen LogP contribution in [0.2, 0.25) is 0 Å². The fraction of sp³-hybridized carbons (Fsp3) is 0.333. The highest BCUT2D eigenvalue weighted by Crippen LogP contribution is 2.27. The molecule has 0 heterocycles. The quantitative estimate of drug-likeness (QED) is 0.448. The molecule has 0 fully saturated rings. The van der Waals surface area contributed by atoms with Crippen molar-refractivity contribution < 1.29 is 9.18 Å². The summed E-state index contributed by atoms with van der Waals surface area (Å²) >= 11 is 0. The minimum Gasteiger partial charge on any atom is -0.294 e. The fourth-order valence-corrected chi connectivity index (χ4v) is 2.78. The van der Waals surface area contributed by atoms with E-state index in [0.29, 0.717) is 17.5 Å². The van der Waals surface area contributed by atoms with Crippen molar-refractivity contribution in [1.82, 2.24) is 0 Å². The first kappa shape index (κ1) is 17.9. The highest BCUT2D eigenvalue weighted by atomic mass is 19.1. The van der Waals surface area contributed by atoms with Crippen LogP contribution >= 0.6 is 0 Å². The van der Waals surface area contributed by atoms with E-state index >= 15 is 0 Å². The number of Topliss-reactive ketones (excluding diaryl/α,β-unsaturated/α-hetero) is 1. The molecule has 0 atom stereocenters. The first-order valence-corrected chi connectivity index (χ1v) is 8.49. The number of carbonyl (C=O) groups excluding carboxylic acids is 1. The molecule has 24 heavy (non-hydrogen) atoms. The van der Waals surface area contributed by atoms with Gasteiger partial charge in [-0.1, -0.05) is 62.9 Å². The van der Waals surface area contributed by atoms with Crippen LogP contribution in [0.1, 0.15) is 61.4 Å². The van der Waals surface area contributed by atoms with Crippen molar-refractivity contribution in [2.75, 3.05) is 0 Å². The number of halogens is 1. The molecule has 2 rings (SSSR count). The second-order valence-electron chi connectivity index (χ2n) is 5.94. The summed E-state index contributed by atoms with van der Waals surface area (Å²) in [5, 5.41) is 8.84. The zero-order chi connectivity index (χ0) is 17.4. The zero-order valence-electron chi connectivity index (χ0n) is 14.0. The lowest BCUT2D eigenvalue weighted by Crippen LogP contribution is -2.02. The summed E-state index contributed by atoms with van der Waals surface area (Å²) in [5.74, 6) is -0.469. The highest BCUT2D eigenvalue weighted by Gasteiger charge is 2.13. The summed E-state index contributed by atoms with van der Waals surface area (Å²) < 4.78 is 13.9. The SMILES string of the molecule is CCCCCCCC(=O)c1ccccc1-c1ccc(C#N)c(F)c1. The molecule has 3 heteroatoms.